The molecule has 0 amide bonds. The van der Waals surface area contributed by atoms with Crippen molar-refractivity contribution in [1.82, 2.24) is 5.32 Å². The van der Waals surface area contributed by atoms with Crippen LogP contribution in [0.15, 0.2) is 0 Å². The summed E-state index contributed by atoms with van der Waals surface area (Å²) in [5.41, 5.74) is 0.314. The lowest BCUT2D eigenvalue weighted by Crippen LogP contribution is -2.70. The van der Waals surface area contributed by atoms with Gasteiger partial charge in [-0.05, 0) is 25.7 Å². The van der Waals surface area contributed by atoms with Gasteiger partial charge >= 0.3 is 0 Å². The van der Waals surface area contributed by atoms with Crippen molar-refractivity contribution in [2.45, 2.75) is 65.6 Å². The highest BCUT2D eigenvalue weighted by Gasteiger charge is 2.57. The average molecular weight is 225 g/mol. The predicted molar refractivity (Wildman–Crippen MR) is 67.5 cm³/mol. The minimum atomic E-state index is 0.314. The van der Waals surface area contributed by atoms with E-state index in [-0.39, 0.29) is 0 Å². The minimum Gasteiger partial charge on any atom is -0.377 e. The van der Waals surface area contributed by atoms with Crippen LogP contribution >= 0.6 is 0 Å². The van der Waals surface area contributed by atoms with Crippen LogP contribution < -0.4 is 5.32 Å². The van der Waals surface area contributed by atoms with Gasteiger partial charge < -0.3 is 10.1 Å². The lowest BCUT2D eigenvalue weighted by atomic mass is 9.55. The first-order valence-corrected chi connectivity index (χ1v) is 6.82. The summed E-state index contributed by atoms with van der Waals surface area (Å²) in [5, 5.41) is 3.83. The Bertz CT molecular complexity index is 249. The maximum absolute atomic E-state index is 5.92. The van der Waals surface area contributed by atoms with Crippen LogP contribution in [0.1, 0.15) is 47.5 Å². The van der Waals surface area contributed by atoms with Crippen molar-refractivity contribution in [2.24, 2.45) is 17.3 Å². The summed E-state index contributed by atoms with van der Waals surface area (Å²) in [7, 11) is 0. The molecule has 1 aliphatic carbocycles. The van der Waals surface area contributed by atoms with Gasteiger partial charge in [-0.1, -0.05) is 27.7 Å². The SMILES string of the molecule is CC(C)C(C)NC1C2CCCOC2C1(C)C. The van der Waals surface area contributed by atoms with E-state index < -0.39 is 0 Å². The van der Waals surface area contributed by atoms with Gasteiger partial charge in [0.15, 0.2) is 0 Å². The number of ether oxygens (including phenoxy) is 1. The van der Waals surface area contributed by atoms with Crippen molar-refractivity contribution < 1.29 is 4.74 Å². The summed E-state index contributed by atoms with van der Waals surface area (Å²) in [5.74, 6) is 1.46. The van der Waals surface area contributed by atoms with Crippen LogP contribution in [-0.4, -0.2) is 24.8 Å². The monoisotopic (exact) mass is 225 g/mol. The lowest BCUT2D eigenvalue weighted by Gasteiger charge is -2.61. The fourth-order valence-electron chi connectivity index (χ4n) is 3.34. The molecule has 2 aliphatic rings. The highest BCUT2D eigenvalue weighted by Crippen LogP contribution is 2.51. The van der Waals surface area contributed by atoms with Crippen molar-refractivity contribution >= 4 is 0 Å². The Morgan fingerprint density at radius 2 is 1.94 bits per heavy atom. The maximum Gasteiger partial charge on any atom is 0.0684 e. The smallest absolute Gasteiger partial charge is 0.0684 e. The van der Waals surface area contributed by atoms with Gasteiger partial charge in [0.05, 0.1) is 6.10 Å². The quantitative estimate of drug-likeness (QED) is 0.797. The third kappa shape index (κ3) is 1.91. The van der Waals surface area contributed by atoms with Crippen molar-refractivity contribution in [2.75, 3.05) is 6.61 Å². The van der Waals surface area contributed by atoms with E-state index in [0.29, 0.717) is 29.5 Å². The highest BCUT2D eigenvalue weighted by molar-refractivity contribution is 5.10. The molecule has 0 aromatic heterocycles. The maximum atomic E-state index is 5.92. The topological polar surface area (TPSA) is 21.3 Å². The van der Waals surface area contributed by atoms with E-state index >= 15 is 0 Å². The second-order valence-electron chi connectivity index (χ2n) is 6.60. The molecule has 4 unspecified atom stereocenters. The van der Waals surface area contributed by atoms with Gasteiger partial charge in [-0.3, -0.25) is 0 Å². The molecule has 2 heteroatoms. The van der Waals surface area contributed by atoms with Crippen LogP contribution in [-0.2, 0) is 4.74 Å². The molecule has 2 fully saturated rings. The molecule has 94 valence electrons. The first-order chi connectivity index (χ1) is 7.44. The molecule has 0 aromatic carbocycles. The summed E-state index contributed by atoms with van der Waals surface area (Å²) in [6.45, 7) is 12.6. The number of rotatable bonds is 3. The molecule has 1 N–H and O–H groups in total. The van der Waals surface area contributed by atoms with E-state index in [1.165, 1.54) is 12.8 Å². The number of fused-ring (bicyclic) bond motifs is 1. The fourth-order valence-corrected chi connectivity index (χ4v) is 3.34. The molecular weight excluding hydrogens is 198 g/mol. The molecular formula is C14H27NO. The van der Waals surface area contributed by atoms with E-state index in [4.69, 9.17) is 4.74 Å². The van der Waals surface area contributed by atoms with E-state index in [9.17, 15) is 0 Å². The summed E-state index contributed by atoms with van der Waals surface area (Å²) >= 11 is 0. The highest BCUT2D eigenvalue weighted by atomic mass is 16.5. The van der Waals surface area contributed by atoms with Gasteiger partial charge in [-0.15, -0.1) is 0 Å². The zero-order valence-electron chi connectivity index (χ0n) is 11.4. The Balaban J connectivity index is 1.99. The van der Waals surface area contributed by atoms with Crippen LogP contribution in [0.3, 0.4) is 0 Å². The predicted octanol–water partition coefficient (Wildman–Crippen LogP) is 2.82. The van der Waals surface area contributed by atoms with E-state index in [1.54, 1.807) is 0 Å². The van der Waals surface area contributed by atoms with Crippen molar-refractivity contribution in [3.05, 3.63) is 0 Å². The molecule has 2 rings (SSSR count). The molecule has 16 heavy (non-hydrogen) atoms. The molecule has 4 atom stereocenters. The van der Waals surface area contributed by atoms with Crippen LogP contribution in [0, 0.1) is 17.3 Å². The van der Waals surface area contributed by atoms with Gasteiger partial charge in [0.2, 0.25) is 0 Å². The Morgan fingerprint density at radius 3 is 2.56 bits per heavy atom. The molecule has 1 aliphatic heterocycles. The summed E-state index contributed by atoms with van der Waals surface area (Å²) in [4.78, 5) is 0. The van der Waals surface area contributed by atoms with Gasteiger partial charge in [-0.2, -0.15) is 0 Å². The number of hydrogen-bond donors (Lipinski definition) is 1. The van der Waals surface area contributed by atoms with Gasteiger partial charge in [0.1, 0.15) is 0 Å². The van der Waals surface area contributed by atoms with Gasteiger partial charge in [-0.25, -0.2) is 0 Å². The van der Waals surface area contributed by atoms with Crippen LogP contribution in [0.5, 0.6) is 0 Å². The van der Waals surface area contributed by atoms with Crippen LogP contribution in [0.25, 0.3) is 0 Å². The van der Waals surface area contributed by atoms with E-state index in [0.717, 1.165) is 12.5 Å². The zero-order chi connectivity index (χ0) is 11.9. The first kappa shape index (κ1) is 12.4. The van der Waals surface area contributed by atoms with Crippen LogP contribution in [0.2, 0.25) is 0 Å². The first-order valence-electron chi connectivity index (χ1n) is 6.82. The summed E-state index contributed by atoms with van der Waals surface area (Å²) in [6, 6.07) is 1.25. The lowest BCUT2D eigenvalue weighted by molar-refractivity contribution is -0.194. The number of nitrogens with one attached hydrogen (secondary N) is 1. The normalized spacial score (nSPS) is 39.0. The molecule has 2 nitrogen and oxygen atoms in total. The third-order valence-electron chi connectivity index (χ3n) is 4.77. The summed E-state index contributed by atoms with van der Waals surface area (Å²) in [6.07, 6.45) is 3.08. The molecule has 0 aromatic rings. The zero-order valence-corrected chi connectivity index (χ0v) is 11.4. The third-order valence-corrected chi connectivity index (χ3v) is 4.77. The van der Waals surface area contributed by atoms with E-state index in [2.05, 4.69) is 39.9 Å². The molecule has 1 saturated carbocycles. The Hall–Kier alpha value is -0.0800. The molecule has 0 radical (unpaired) electrons. The molecule has 1 saturated heterocycles. The molecule has 0 spiro atoms. The average Bonchev–Trinajstić information content (AvgIpc) is 2.25. The fraction of sp³-hybridized carbons (Fsp3) is 1.00. The van der Waals surface area contributed by atoms with Crippen molar-refractivity contribution in [3.8, 4) is 0 Å². The second-order valence-corrected chi connectivity index (χ2v) is 6.60. The minimum absolute atomic E-state index is 0.314. The Morgan fingerprint density at radius 1 is 1.25 bits per heavy atom. The van der Waals surface area contributed by atoms with Crippen molar-refractivity contribution in [1.29, 1.82) is 0 Å². The van der Waals surface area contributed by atoms with Gasteiger partial charge in [0, 0.05) is 30.0 Å². The van der Waals surface area contributed by atoms with Crippen LogP contribution in [0.4, 0.5) is 0 Å². The number of hydrogen-bond acceptors (Lipinski definition) is 2. The second kappa shape index (κ2) is 4.30. The van der Waals surface area contributed by atoms with E-state index in [1.807, 2.05) is 0 Å². The molecule has 1 heterocycles. The largest absolute Gasteiger partial charge is 0.377 e. The van der Waals surface area contributed by atoms with Crippen molar-refractivity contribution in [3.63, 3.8) is 0 Å². The summed E-state index contributed by atoms with van der Waals surface area (Å²) < 4.78 is 5.92. The Labute approximate surface area is 100 Å². The van der Waals surface area contributed by atoms with Gasteiger partial charge in [0.25, 0.3) is 0 Å². The molecule has 0 bridgehead atoms. The standard InChI is InChI=1S/C14H27NO/c1-9(2)10(3)15-12-11-7-6-8-16-13(11)14(12,4)5/h9-13,15H,6-8H2,1-5H3. The Kier molecular flexibility index (Phi) is 3.33.